The Morgan fingerprint density at radius 1 is 0.306 bits per heavy atom. The standard InChI is InChI=1S/C79H49BN4S/c81-50-51-36-41-74(83-72-34-18-13-29-64(72)65-30-14-19-35-73(65)83)66(42-51)55-37-39-67-75(46-55)84(69-31-15-10-26-61(69)54-24-8-3-9-25-54)76-47-59(58-44-56(52-20-4-1-5-21-52)43-57(45-58)53-22-6-2-7-23-53)48-78-79(76)80(67)68-40-38-60(49-77(68)85-78)82-70-32-16-11-27-62(70)63-28-12-17-33-71(63)82/h1-49H. The van der Waals surface area contributed by atoms with E-state index in [4.69, 9.17) is 0 Å². The van der Waals surface area contributed by atoms with E-state index in [9.17, 15) is 5.26 Å². The SMILES string of the molecule is N#Cc1ccc(-n2c3ccccc3c3ccccc32)c(-c2ccc3c(c2)N(c2ccccc2-c2ccccc2)c2cc(-c4cc(-c5ccccc5)cc(-c5ccccc5)c4)cc4c2B3c2ccc(-n3c5ccccc5c5ccccc53)cc2S4)c1. The van der Waals surface area contributed by atoms with Crippen LogP contribution in [-0.2, 0) is 0 Å². The number of nitrogens with zero attached hydrogens (tertiary/aromatic N) is 4. The fourth-order valence-electron chi connectivity index (χ4n) is 13.8. The molecule has 0 saturated carbocycles. The Labute approximate surface area is 497 Å². The van der Waals surface area contributed by atoms with Gasteiger partial charge in [0, 0.05) is 59.5 Å². The molecule has 2 aliphatic rings. The fourth-order valence-corrected chi connectivity index (χ4v) is 15.0. The molecule has 6 heteroatoms. The molecule has 0 bridgehead atoms. The molecule has 0 amide bonds. The van der Waals surface area contributed by atoms with Crippen molar-refractivity contribution in [2.24, 2.45) is 0 Å². The minimum Gasteiger partial charge on any atom is -0.311 e. The molecule has 0 atom stereocenters. The topological polar surface area (TPSA) is 36.9 Å². The number of nitriles is 1. The lowest BCUT2D eigenvalue weighted by atomic mass is 9.34. The van der Waals surface area contributed by atoms with Gasteiger partial charge in [0.1, 0.15) is 0 Å². The average Bonchev–Trinajstić information content (AvgIpc) is 1.68. The molecule has 0 fully saturated rings. The number of fused-ring (bicyclic) bond motifs is 10. The van der Waals surface area contributed by atoms with Gasteiger partial charge in [-0.3, -0.25) is 0 Å². The predicted octanol–water partition coefficient (Wildman–Crippen LogP) is 18.9. The molecule has 0 spiro atoms. The van der Waals surface area contributed by atoms with Crippen LogP contribution < -0.4 is 21.3 Å². The van der Waals surface area contributed by atoms with Crippen LogP contribution in [0.3, 0.4) is 0 Å². The minimum absolute atomic E-state index is 0.121. The summed E-state index contributed by atoms with van der Waals surface area (Å²) in [7, 11) is 0. The van der Waals surface area contributed by atoms with Gasteiger partial charge in [-0.1, -0.05) is 217 Å². The van der Waals surface area contributed by atoms with E-state index in [2.05, 4.69) is 311 Å². The van der Waals surface area contributed by atoms with Crippen LogP contribution in [0.5, 0.6) is 0 Å². The van der Waals surface area contributed by atoms with Crippen LogP contribution in [0.1, 0.15) is 5.56 Å². The van der Waals surface area contributed by atoms with Gasteiger partial charge >= 0.3 is 0 Å². The van der Waals surface area contributed by atoms with Crippen molar-refractivity contribution in [1.82, 2.24) is 9.13 Å². The molecule has 0 radical (unpaired) electrons. The van der Waals surface area contributed by atoms with Crippen molar-refractivity contribution in [3.05, 3.63) is 303 Å². The van der Waals surface area contributed by atoms with Gasteiger partial charge in [0.15, 0.2) is 0 Å². The van der Waals surface area contributed by atoms with Gasteiger partial charge in [-0.15, -0.1) is 0 Å². The molecule has 15 aromatic rings. The van der Waals surface area contributed by atoms with Crippen molar-refractivity contribution in [3.63, 3.8) is 0 Å². The number of anilines is 3. The molecule has 394 valence electrons. The summed E-state index contributed by atoms with van der Waals surface area (Å²) < 4.78 is 4.82. The van der Waals surface area contributed by atoms with Gasteiger partial charge in [-0.05, 0) is 152 Å². The number of hydrogen-bond donors (Lipinski definition) is 0. The zero-order chi connectivity index (χ0) is 56.1. The Hall–Kier alpha value is -10.8. The maximum absolute atomic E-state index is 10.7. The normalized spacial score (nSPS) is 12.4. The Balaban J connectivity index is 0.957. The van der Waals surface area contributed by atoms with Crippen LogP contribution in [-0.4, -0.2) is 15.8 Å². The third kappa shape index (κ3) is 7.86. The molecule has 0 N–H and O–H groups in total. The molecule has 2 aromatic heterocycles. The highest BCUT2D eigenvalue weighted by Gasteiger charge is 2.42. The molecule has 4 nitrogen and oxygen atoms in total. The van der Waals surface area contributed by atoms with Gasteiger partial charge in [0.25, 0.3) is 0 Å². The maximum Gasteiger partial charge on any atom is 0.249 e. The summed E-state index contributed by atoms with van der Waals surface area (Å²) >= 11 is 1.89. The number of hydrogen-bond acceptors (Lipinski definition) is 3. The zero-order valence-corrected chi connectivity index (χ0v) is 46.9. The first-order valence-corrected chi connectivity index (χ1v) is 29.8. The maximum atomic E-state index is 10.7. The van der Waals surface area contributed by atoms with E-state index < -0.39 is 0 Å². The van der Waals surface area contributed by atoms with Crippen molar-refractivity contribution in [1.29, 1.82) is 5.26 Å². The summed E-state index contributed by atoms with van der Waals surface area (Å²) in [5.74, 6) is 0. The van der Waals surface area contributed by atoms with Crippen LogP contribution in [0.25, 0.3) is 111 Å². The summed E-state index contributed by atoms with van der Waals surface area (Å²) in [4.78, 5) is 5.01. The number of aromatic nitrogens is 2. The average molecular weight is 1100 g/mol. The van der Waals surface area contributed by atoms with E-state index in [0.29, 0.717) is 5.56 Å². The van der Waals surface area contributed by atoms with Crippen molar-refractivity contribution in [3.8, 4) is 73.1 Å². The highest BCUT2D eigenvalue weighted by atomic mass is 32.2. The van der Waals surface area contributed by atoms with Gasteiger partial charge in [-0.25, -0.2) is 0 Å². The quantitative estimate of drug-likeness (QED) is 0.142. The molecular formula is C79H49BN4S. The van der Waals surface area contributed by atoms with Crippen molar-refractivity contribution >= 4 is 95.5 Å². The van der Waals surface area contributed by atoms with Crippen LogP contribution in [0.15, 0.2) is 307 Å². The first kappa shape index (κ1) is 48.8. The lowest BCUT2D eigenvalue weighted by Crippen LogP contribution is -2.59. The van der Waals surface area contributed by atoms with E-state index in [1.54, 1.807) is 0 Å². The largest absolute Gasteiger partial charge is 0.311 e. The predicted molar refractivity (Wildman–Crippen MR) is 357 cm³/mol. The molecule has 0 aliphatic carbocycles. The number of rotatable bonds is 8. The first-order valence-electron chi connectivity index (χ1n) is 29.0. The van der Waals surface area contributed by atoms with E-state index >= 15 is 0 Å². The molecule has 85 heavy (non-hydrogen) atoms. The minimum atomic E-state index is -0.121. The monoisotopic (exact) mass is 1100 g/mol. The molecule has 0 saturated heterocycles. The van der Waals surface area contributed by atoms with Gasteiger partial charge in [0.2, 0.25) is 6.71 Å². The van der Waals surface area contributed by atoms with Gasteiger partial charge < -0.3 is 14.0 Å². The summed E-state index contributed by atoms with van der Waals surface area (Å²) in [6.07, 6.45) is 0. The Morgan fingerprint density at radius 2 is 0.800 bits per heavy atom. The molecule has 13 aromatic carbocycles. The highest BCUT2D eigenvalue weighted by Crippen LogP contribution is 2.49. The van der Waals surface area contributed by atoms with Crippen molar-refractivity contribution in [2.75, 3.05) is 4.90 Å². The number of benzene rings is 13. The van der Waals surface area contributed by atoms with Crippen molar-refractivity contribution in [2.45, 2.75) is 9.79 Å². The summed E-state index contributed by atoms with van der Waals surface area (Å²) in [5, 5.41) is 15.6. The second-order valence-corrected chi connectivity index (χ2v) is 23.4. The lowest BCUT2D eigenvalue weighted by molar-refractivity contribution is 1.16. The second-order valence-electron chi connectivity index (χ2n) is 22.3. The van der Waals surface area contributed by atoms with E-state index in [0.717, 1.165) is 84.0 Å². The van der Waals surface area contributed by atoms with Crippen LogP contribution in [0.2, 0.25) is 0 Å². The number of para-hydroxylation sites is 5. The molecule has 0 unspecified atom stereocenters. The zero-order valence-electron chi connectivity index (χ0n) is 46.1. The van der Waals surface area contributed by atoms with Crippen LogP contribution >= 0.6 is 11.8 Å². The summed E-state index contributed by atoms with van der Waals surface area (Å²) in [6.45, 7) is -0.121. The van der Waals surface area contributed by atoms with Crippen LogP contribution in [0.4, 0.5) is 17.1 Å². The van der Waals surface area contributed by atoms with E-state index in [1.807, 2.05) is 17.8 Å². The van der Waals surface area contributed by atoms with Crippen molar-refractivity contribution < 1.29 is 0 Å². The lowest BCUT2D eigenvalue weighted by Gasteiger charge is -2.41. The molecular weight excluding hydrogens is 1050 g/mol. The third-order valence-corrected chi connectivity index (χ3v) is 18.7. The van der Waals surface area contributed by atoms with Gasteiger partial charge in [0.05, 0.1) is 45.1 Å². The highest BCUT2D eigenvalue weighted by molar-refractivity contribution is 8.00. The van der Waals surface area contributed by atoms with E-state index in [-0.39, 0.29) is 6.71 Å². The first-order chi connectivity index (χ1) is 42.1. The van der Waals surface area contributed by atoms with E-state index in [1.165, 1.54) is 69.9 Å². The Kier molecular flexibility index (Phi) is 11.3. The second kappa shape index (κ2) is 19.7. The Morgan fingerprint density at radius 3 is 1.40 bits per heavy atom. The van der Waals surface area contributed by atoms with Crippen LogP contribution in [0, 0.1) is 11.3 Å². The molecule has 17 rings (SSSR count). The third-order valence-electron chi connectivity index (χ3n) is 17.6. The molecule has 2 aliphatic heterocycles. The molecule has 4 heterocycles. The fraction of sp³-hybridized carbons (Fsp3) is 0. The smallest absolute Gasteiger partial charge is 0.249 e. The van der Waals surface area contributed by atoms with Gasteiger partial charge in [-0.2, -0.15) is 5.26 Å². The Bertz CT molecular complexity index is 5090. The summed E-state index contributed by atoms with van der Waals surface area (Å²) in [6, 6.07) is 111. The summed E-state index contributed by atoms with van der Waals surface area (Å²) in [5.41, 5.74) is 25.6.